The van der Waals surface area contributed by atoms with Crippen LogP contribution in [0, 0.1) is 5.41 Å². The number of methoxy groups -OCH3 is 1. The molecular weight excluding hydrogens is 248 g/mol. The molecule has 0 aromatic heterocycles. The Morgan fingerprint density at radius 2 is 1.79 bits per heavy atom. The van der Waals surface area contributed by atoms with Crippen LogP contribution in [0.5, 0.6) is 0 Å². The van der Waals surface area contributed by atoms with Crippen LogP contribution in [0.3, 0.4) is 0 Å². The molecule has 0 saturated heterocycles. The molecule has 6 nitrogen and oxygen atoms in total. The molecule has 0 unspecified atom stereocenters. The van der Waals surface area contributed by atoms with E-state index in [0.29, 0.717) is 12.8 Å². The molecule has 3 fully saturated rings. The second kappa shape index (κ2) is 4.10. The second-order valence-electron chi connectivity index (χ2n) is 6.70. The zero-order valence-corrected chi connectivity index (χ0v) is 12.0. The van der Waals surface area contributed by atoms with Crippen LogP contribution in [-0.4, -0.2) is 35.3 Å². The van der Waals surface area contributed by atoms with Crippen LogP contribution >= 0.6 is 0 Å². The number of nitrogens with two attached hydrogens (primary N) is 1. The van der Waals surface area contributed by atoms with Gasteiger partial charge in [-0.05, 0) is 46.5 Å². The minimum absolute atomic E-state index is 0.196. The summed E-state index contributed by atoms with van der Waals surface area (Å²) in [6.45, 7) is 5.39. The molecule has 3 saturated carbocycles. The second-order valence-corrected chi connectivity index (χ2v) is 6.70. The van der Waals surface area contributed by atoms with Crippen LogP contribution in [0.4, 0.5) is 4.79 Å². The number of hydrogen-bond acceptors (Lipinski definition) is 5. The summed E-state index contributed by atoms with van der Waals surface area (Å²) in [5.41, 5.74) is -1.45. The highest BCUT2D eigenvalue weighted by Crippen LogP contribution is 2.63. The molecule has 3 aliphatic rings. The lowest BCUT2D eigenvalue weighted by molar-refractivity contribution is -0.162. The average molecular weight is 270 g/mol. The molecule has 0 atom stereocenters. The molecule has 0 aliphatic heterocycles. The van der Waals surface area contributed by atoms with Gasteiger partial charge in [0.15, 0.2) is 0 Å². The number of hydrazine groups is 1. The Kier molecular flexibility index (Phi) is 3.04. The normalized spacial score (nSPS) is 32.5. The molecule has 3 aliphatic carbocycles. The average Bonchev–Trinajstić information content (AvgIpc) is 2.80. The fraction of sp³-hybridized carbons (Fsp3) is 0.846. The molecule has 6 heteroatoms. The summed E-state index contributed by atoms with van der Waals surface area (Å²) in [6.07, 6.45) is 2.05. The van der Waals surface area contributed by atoms with Gasteiger partial charge in [0.25, 0.3) is 0 Å². The van der Waals surface area contributed by atoms with E-state index in [9.17, 15) is 9.59 Å². The van der Waals surface area contributed by atoms with Crippen LogP contribution < -0.4 is 5.84 Å². The van der Waals surface area contributed by atoms with Crippen molar-refractivity contribution < 1.29 is 19.1 Å². The molecule has 2 N–H and O–H groups in total. The van der Waals surface area contributed by atoms with Gasteiger partial charge in [-0.15, -0.1) is 0 Å². The van der Waals surface area contributed by atoms with Crippen molar-refractivity contribution in [3.8, 4) is 0 Å². The number of carbonyl (C=O) groups is 2. The van der Waals surface area contributed by atoms with E-state index in [0.717, 1.165) is 12.8 Å². The quantitative estimate of drug-likeness (QED) is 0.356. The predicted molar refractivity (Wildman–Crippen MR) is 67.9 cm³/mol. The Balaban J connectivity index is 2.02. The van der Waals surface area contributed by atoms with Gasteiger partial charge >= 0.3 is 12.1 Å². The lowest BCUT2D eigenvalue weighted by Crippen LogP contribution is -2.63. The summed E-state index contributed by atoms with van der Waals surface area (Å²) in [5, 5.41) is 1.17. The van der Waals surface area contributed by atoms with Crippen LogP contribution in [0.1, 0.15) is 46.5 Å². The fourth-order valence-corrected chi connectivity index (χ4v) is 3.29. The highest BCUT2D eigenvalue weighted by atomic mass is 16.6. The predicted octanol–water partition coefficient (Wildman–Crippen LogP) is 1.58. The Hall–Kier alpha value is -1.30. The molecule has 0 aromatic carbocycles. The van der Waals surface area contributed by atoms with Gasteiger partial charge in [0.1, 0.15) is 5.60 Å². The van der Waals surface area contributed by atoms with Crippen molar-refractivity contribution in [2.75, 3.05) is 7.11 Å². The third-order valence-electron chi connectivity index (χ3n) is 4.12. The Bertz CT molecular complexity index is 407. The van der Waals surface area contributed by atoms with Crippen molar-refractivity contribution in [1.29, 1.82) is 0 Å². The van der Waals surface area contributed by atoms with Crippen molar-refractivity contribution in [2.24, 2.45) is 11.3 Å². The van der Waals surface area contributed by atoms with Crippen molar-refractivity contribution in [1.82, 2.24) is 5.01 Å². The maximum absolute atomic E-state index is 12.0. The Morgan fingerprint density at radius 1 is 1.21 bits per heavy atom. The summed E-state index contributed by atoms with van der Waals surface area (Å²) in [5.74, 6) is 5.71. The fourth-order valence-electron chi connectivity index (χ4n) is 3.29. The van der Waals surface area contributed by atoms with Gasteiger partial charge in [-0.2, -0.15) is 0 Å². The standard InChI is InChI=1S/C13H22N2O4/c1-11(2,3)19-10(17)15(14)13-6-5-12(7-13,8-13)9(16)18-4/h5-8,14H2,1-4H3. The smallest absolute Gasteiger partial charge is 0.425 e. The number of esters is 1. The third kappa shape index (κ3) is 2.18. The van der Waals surface area contributed by atoms with E-state index in [2.05, 4.69) is 0 Å². The first-order chi connectivity index (χ1) is 8.64. The van der Waals surface area contributed by atoms with Gasteiger partial charge in [0.05, 0.1) is 18.1 Å². The van der Waals surface area contributed by atoms with Crippen molar-refractivity contribution in [3.05, 3.63) is 0 Å². The van der Waals surface area contributed by atoms with Gasteiger partial charge in [-0.25, -0.2) is 15.6 Å². The van der Waals surface area contributed by atoms with E-state index in [-0.39, 0.29) is 5.97 Å². The number of ether oxygens (including phenoxy) is 2. The maximum Gasteiger partial charge on any atom is 0.425 e. The molecule has 0 aromatic rings. The highest BCUT2D eigenvalue weighted by molar-refractivity contribution is 5.81. The summed E-state index contributed by atoms with van der Waals surface area (Å²) >= 11 is 0. The lowest BCUT2D eigenvalue weighted by atomic mass is 9.65. The van der Waals surface area contributed by atoms with E-state index in [4.69, 9.17) is 15.3 Å². The third-order valence-corrected chi connectivity index (χ3v) is 4.12. The number of nitrogens with zero attached hydrogens (tertiary/aromatic N) is 1. The van der Waals surface area contributed by atoms with E-state index in [1.165, 1.54) is 12.1 Å². The van der Waals surface area contributed by atoms with Crippen LogP contribution in [0.2, 0.25) is 0 Å². The maximum atomic E-state index is 12.0. The summed E-state index contributed by atoms with van der Waals surface area (Å²) in [4.78, 5) is 23.7. The molecule has 1 amide bonds. The molecular formula is C13H22N2O4. The first-order valence-electron chi connectivity index (χ1n) is 6.51. The number of amides is 1. The van der Waals surface area contributed by atoms with Gasteiger partial charge < -0.3 is 9.47 Å². The molecule has 108 valence electrons. The Morgan fingerprint density at radius 3 is 2.26 bits per heavy atom. The molecule has 0 radical (unpaired) electrons. The molecule has 0 spiro atoms. The van der Waals surface area contributed by atoms with Crippen LogP contribution in [0.15, 0.2) is 0 Å². The topological polar surface area (TPSA) is 81.9 Å². The minimum atomic E-state index is -0.576. The van der Waals surface area contributed by atoms with E-state index < -0.39 is 22.6 Å². The summed E-state index contributed by atoms with van der Waals surface area (Å²) in [7, 11) is 1.39. The van der Waals surface area contributed by atoms with Crippen LogP contribution in [-0.2, 0) is 14.3 Å². The number of hydrogen-bond donors (Lipinski definition) is 1. The Labute approximate surface area is 113 Å². The van der Waals surface area contributed by atoms with Crippen LogP contribution in [0.25, 0.3) is 0 Å². The molecule has 3 rings (SSSR count). The number of carbonyl (C=O) groups excluding carboxylic acids is 2. The van der Waals surface area contributed by atoms with Crippen molar-refractivity contribution >= 4 is 12.1 Å². The van der Waals surface area contributed by atoms with Crippen molar-refractivity contribution in [3.63, 3.8) is 0 Å². The number of fused-ring (bicyclic) bond motifs is 1. The zero-order chi connectivity index (χ0) is 14.5. The molecule has 2 bridgehead atoms. The lowest BCUT2D eigenvalue weighted by Gasteiger charge is -2.49. The first-order valence-corrected chi connectivity index (χ1v) is 6.51. The minimum Gasteiger partial charge on any atom is -0.469 e. The largest absolute Gasteiger partial charge is 0.469 e. The molecule has 19 heavy (non-hydrogen) atoms. The van der Waals surface area contributed by atoms with Gasteiger partial charge in [0.2, 0.25) is 0 Å². The SMILES string of the molecule is COC(=O)C12CCC(N(N)C(=O)OC(C)(C)C)(C1)C2. The van der Waals surface area contributed by atoms with E-state index >= 15 is 0 Å². The monoisotopic (exact) mass is 270 g/mol. The molecule has 0 heterocycles. The van der Waals surface area contributed by atoms with E-state index in [1.807, 2.05) is 0 Å². The van der Waals surface area contributed by atoms with Gasteiger partial charge in [-0.1, -0.05) is 0 Å². The summed E-state index contributed by atoms with van der Waals surface area (Å²) < 4.78 is 10.1. The van der Waals surface area contributed by atoms with E-state index in [1.54, 1.807) is 20.8 Å². The zero-order valence-electron chi connectivity index (χ0n) is 12.0. The first kappa shape index (κ1) is 14.1. The number of rotatable bonds is 2. The highest BCUT2D eigenvalue weighted by Gasteiger charge is 2.68. The van der Waals surface area contributed by atoms with Gasteiger partial charge in [0, 0.05) is 0 Å². The summed E-state index contributed by atoms with van der Waals surface area (Å²) in [6, 6.07) is 0. The van der Waals surface area contributed by atoms with Gasteiger partial charge in [-0.3, -0.25) is 4.79 Å². The van der Waals surface area contributed by atoms with Crippen molar-refractivity contribution in [2.45, 2.75) is 57.6 Å².